The molecule has 156 valence electrons. The van der Waals surface area contributed by atoms with Gasteiger partial charge in [0.1, 0.15) is 18.5 Å². The zero-order valence-corrected chi connectivity index (χ0v) is 16.9. The van der Waals surface area contributed by atoms with Crippen LogP contribution in [0.5, 0.6) is 5.75 Å². The Kier molecular flexibility index (Phi) is 9.96. The summed E-state index contributed by atoms with van der Waals surface area (Å²) in [5, 5.41) is 18.5. The van der Waals surface area contributed by atoms with Crippen molar-refractivity contribution in [2.75, 3.05) is 26.2 Å². The molecule has 29 heavy (non-hydrogen) atoms. The number of carboxylic acids is 1. The van der Waals surface area contributed by atoms with Crippen LogP contribution in [0, 0.1) is 0 Å². The summed E-state index contributed by atoms with van der Waals surface area (Å²) in [7, 11) is 0. The van der Waals surface area contributed by atoms with E-state index in [0.29, 0.717) is 18.7 Å². The van der Waals surface area contributed by atoms with E-state index in [9.17, 15) is 9.90 Å². The van der Waals surface area contributed by atoms with Gasteiger partial charge in [-0.3, -0.25) is 0 Å². The summed E-state index contributed by atoms with van der Waals surface area (Å²) in [4.78, 5) is 12.5. The molecule has 2 aromatic rings. The number of ether oxygens (including phenoxy) is 1. The number of rotatable bonds is 8. The highest BCUT2D eigenvalue weighted by molar-refractivity contribution is 5.87. The molecule has 0 amide bonds. The second-order valence-corrected chi connectivity index (χ2v) is 7.10. The van der Waals surface area contributed by atoms with Crippen LogP contribution in [0.4, 0.5) is 0 Å². The van der Waals surface area contributed by atoms with Gasteiger partial charge in [-0.1, -0.05) is 48.9 Å². The van der Waals surface area contributed by atoms with Crippen LogP contribution < -0.4 is 4.74 Å². The molecule has 1 atom stereocenters. The van der Waals surface area contributed by atoms with Crippen molar-refractivity contribution in [2.45, 2.75) is 31.8 Å². The molecule has 0 bridgehead atoms. The quantitative estimate of drug-likeness (QED) is 0.658. The SMILES string of the molecule is C=CCc1ccccc1OCC(O)CN1CCCCC1.O=C(O)c1ccccc1. The highest BCUT2D eigenvalue weighted by Crippen LogP contribution is 2.19. The Morgan fingerprint density at radius 1 is 1.07 bits per heavy atom. The van der Waals surface area contributed by atoms with E-state index in [1.54, 1.807) is 30.3 Å². The van der Waals surface area contributed by atoms with Gasteiger partial charge in [0.2, 0.25) is 0 Å². The van der Waals surface area contributed by atoms with Gasteiger partial charge in [0, 0.05) is 6.54 Å². The minimum absolute atomic E-state index is 0.331. The topological polar surface area (TPSA) is 70.0 Å². The summed E-state index contributed by atoms with van der Waals surface area (Å²) < 4.78 is 5.77. The molecule has 0 aliphatic carbocycles. The fraction of sp³-hybridized carbons (Fsp3) is 0.375. The molecule has 1 heterocycles. The molecule has 3 rings (SSSR count). The number of para-hydroxylation sites is 1. The lowest BCUT2D eigenvalue weighted by Gasteiger charge is -2.28. The van der Waals surface area contributed by atoms with Crippen LogP contribution in [0.1, 0.15) is 35.2 Å². The maximum absolute atomic E-state index is 10.2. The van der Waals surface area contributed by atoms with Gasteiger partial charge in [0.05, 0.1) is 5.56 Å². The Morgan fingerprint density at radius 2 is 1.72 bits per heavy atom. The molecular weight excluding hydrogens is 366 g/mol. The summed E-state index contributed by atoms with van der Waals surface area (Å²) in [6.45, 7) is 7.02. The minimum Gasteiger partial charge on any atom is -0.491 e. The molecule has 0 spiro atoms. The third kappa shape index (κ3) is 8.50. The van der Waals surface area contributed by atoms with Crippen LogP contribution >= 0.6 is 0 Å². The number of likely N-dealkylation sites (tertiary alicyclic amines) is 1. The van der Waals surface area contributed by atoms with Crippen molar-refractivity contribution in [3.63, 3.8) is 0 Å². The summed E-state index contributed by atoms with van der Waals surface area (Å²) >= 11 is 0. The molecule has 1 unspecified atom stereocenters. The van der Waals surface area contributed by atoms with Crippen molar-refractivity contribution < 1.29 is 19.7 Å². The Hall–Kier alpha value is -2.63. The smallest absolute Gasteiger partial charge is 0.335 e. The number of benzene rings is 2. The van der Waals surface area contributed by atoms with E-state index in [4.69, 9.17) is 9.84 Å². The van der Waals surface area contributed by atoms with Crippen molar-refractivity contribution in [3.05, 3.63) is 78.4 Å². The van der Waals surface area contributed by atoms with E-state index >= 15 is 0 Å². The van der Waals surface area contributed by atoms with Crippen LogP contribution in [0.2, 0.25) is 0 Å². The Bertz CT molecular complexity index is 742. The first-order chi connectivity index (χ1) is 14.1. The average Bonchev–Trinajstić information content (AvgIpc) is 2.75. The Balaban J connectivity index is 0.000000278. The summed E-state index contributed by atoms with van der Waals surface area (Å²) in [5.74, 6) is -0.0271. The number of β-amino-alcohol motifs (C(OH)–C–C–N with tert-alkyl or cyclic N) is 1. The number of hydrogen-bond acceptors (Lipinski definition) is 4. The molecule has 0 aromatic heterocycles. The Morgan fingerprint density at radius 3 is 2.34 bits per heavy atom. The predicted molar refractivity (Wildman–Crippen MR) is 116 cm³/mol. The van der Waals surface area contributed by atoms with E-state index in [2.05, 4.69) is 11.5 Å². The number of aliphatic hydroxyl groups excluding tert-OH is 1. The second-order valence-electron chi connectivity index (χ2n) is 7.10. The molecule has 0 radical (unpaired) electrons. The number of piperidine rings is 1. The van der Waals surface area contributed by atoms with Crippen molar-refractivity contribution >= 4 is 5.97 Å². The fourth-order valence-electron chi connectivity index (χ4n) is 3.23. The number of allylic oxidation sites excluding steroid dienone is 1. The fourth-order valence-corrected chi connectivity index (χ4v) is 3.23. The number of carboxylic acid groups (broad SMARTS) is 1. The molecular formula is C24H31NO4. The lowest BCUT2D eigenvalue weighted by Crippen LogP contribution is -2.38. The predicted octanol–water partition coefficient (Wildman–Crippen LogP) is 4.03. The largest absolute Gasteiger partial charge is 0.491 e. The number of nitrogens with zero attached hydrogens (tertiary/aromatic N) is 1. The monoisotopic (exact) mass is 397 g/mol. The van der Waals surface area contributed by atoms with Crippen LogP contribution in [-0.2, 0) is 6.42 Å². The summed E-state index contributed by atoms with van der Waals surface area (Å²) in [6, 6.07) is 16.2. The average molecular weight is 398 g/mol. The highest BCUT2D eigenvalue weighted by Gasteiger charge is 2.15. The van der Waals surface area contributed by atoms with Crippen molar-refractivity contribution in [3.8, 4) is 5.75 Å². The summed E-state index contributed by atoms with van der Waals surface area (Å²) in [5.41, 5.74) is 1.45. The first-order valence-corrected chi connectivity index (χ1v) is 10.1. The van der Waals surface area contributed by atoms with Crippen molar-refractivity contribution in [1.29, 1.82) is 0 Å². The second kappa shape index (κ2) is 12.8. The van der Waals surface area contributed by atoms with Gasteiger partial charge in [-0.25, -0.2) is 4.79 Å². The normalized spacial score (nSPS) is 14.9. The van der Waals surface area contributed by atoms with E-state index in [0.717, 1.165) is 30.8 Å². The molecule has 2 N–H and O–H groups in total. The molecule has 2 aromatic carbocycles. The maximum Gasteiger partial charge on any atom is 0.335 e. The zero-order valence-electron chi connectivity index (χ0n) is 16.9. The van der Waals surface area contributed by atoms with Crippen LogP contribution in [0.15, 0.2) is 67.3 Å². The first-order valence-electron chi connectivity index (χ1n) is 10.1. The zero-order chi connectivity index (χ0) is 20.9. The van der Waals surface area contributed by atoms with E-state index in [-0.39, 0.29) is 0 Å². The van der Waals surface area contributed by atoms with Gasteiger partial charge < -0.3 is 19.8 Å². The van der Waals surface area contributed by atoms with Gasteiger partial charge in [0.15, 0.2) is 0 Å². The number of aromatic carboxylic acids is 1. The van der Waals surface area contributed by atoms with Gasteiger partial charge in [-0.05, 0) is 56.1 Å². The Labute approximate surface area is 173 Å². The minimum atomic E-state index is -0.879. The molecule has 1 aliphatic heterocycles. The number of carbonyl (C=O) groups is 1. The van der Waals surface area contributed by atoms with Crippen LogP contribution in [-0.4, -0.2) is 53.4 Å². The molecule has 0 saturated carbocycles. The maximum atomic E-state index is 10.2. The summed E-state index contributed by atoms with van der Waals surface area (Å²) in [6.07, 6.45) is 6.04. The van der Waals surface area contributed by atoms with Gasteiger partial charge >= 0.3 is 5.97 Å². The molecule has 1 aliphatic rings. The third-order valence-electron chi connectivity index (χ3n) is 4.71. The lowest BCUT2D eigenvalue weighted by atomic mass is 10.1. The van der Waals surface area contributed by atoms with Crippen LogP contribution in [0.25, 0.3) is 0 Å². The molecule has 1 fully saturated rings. The molecule has 5 nitrogen and oxygen atoms in total. The number of aliphatic hydroxyl groups is 1. The number of hydrogen-bond donors (Lipinski definition) is 2. The molecule has 5 heteroatoms. The van der Waals surface area contributed by atoms with Crippen molar-refractivity contribution in [1.82, 2.24) is 4.90 Å². The third-order valence-corrected chi connectivity index (χ3v) is 4.71. The first kappa shape index (κ1) is 22.7. The van der Waals surface area contributed by atoms with E-state index < -0.39 is 12.1 Å². The van der Waals surface area contributed by atoms with Gasteiger partial charge in [-0.2, -0.15) is 0 Å². The van der Waals surface area contributed by atoms with Crippen molar-refractivity contribution in [2.24, 2.45) is 0 Å². The van der Waals surface area contributed by atoms with Gasteiger partial charge in [0.25, 0.3) is 0 Å². The van der Waals surface area contributed by atoms with Crippen LogP contribution in [0.3, 0.4) is 0 Å². The standard InChI is InChI=1S/C17H25NO2.C7H6O2/c1-2-8-15-9-4-5-10-17(15)20-14-16(19)13-18-11-6-3-7-12-18;8-7(9)6-4-2-1-3-5-6/h2,4-5,9-10,16,19H,1,3,6-8,11-14H2;1-5H,(H,8,9). The lowest BCUT2D eigenvalue weighted by molar-refractivity contribution is 0.0614. The van der Waals surface area contributed by atoms with E-state index in [1.165, 1.54) is 19.3 Å². The van der Waals surface area contributed by atoms with Gasteiger partial charge in [-0.15, -0.1) is 6.58 Å². The highest BCUT2D eigenvalue weighted by atomic mass is 16.5. The molecule has 1 saturated heterocycles. The van der Waals surface area contributed by atoms with E-state index in [1.807, 2.05) is 30.3 Å².